The highest BCUT2D eigenvalue weighted by molar-refractivity contribution is 5.97. The zero-order chi connectivity index (χ0) is 15.6. The number of nitrogens with zero attached hydrogens (tertiary/aromatic N) is 1. The van der Waals surface area contributed by atoms with Crippen molar-refractivity contribution in [1.82, 2.24) is 4.90 Å². The molecule has 1 aromatic heterocycles. The molecule has 1 saturated heterocycles. The highest BCUT2D eigenvalue weighted by Gasteiger charge is 2.30. The van der Waals surface area contributed by atoms with Crippen molar-refractivity contribution in [3.63, 3.8) is 0 Å². The summed E-state index contributed by atoms with van der Waals surface area (Å²) in [6, 6.07) is 0.175. The average Bonchev–Trinajstić information content (AvgIpc) is 2.65. The van der Waals surface area contributed by atoms with Gasteiger partial charge in [-0.05, 0) is 32.6 Å². The van der Waals surface area contributed by atoms with Crippen LogP contribution in [0.1, 0.15) is 54.8 Å². The van der Waals surface area contributed by atoms with Gasteiger partial charge in [0.1, 0.15) is 12.2 Å². The van der Waals surface area contributed by atoms with Crippen LogP contribution < -0.4 is 0 Å². The third-order valence-electron chi connectivity index (χ3n) is 4.20. The van der Waals surface area contributed by atoms with Crippen molar-refractivity contribution in [3.05, 3.63) is 23.2 Å². The van der Waals surface area contributed by atoms with E-state index < -0.39 is 5.97 Å². The third-order valence-corrected chi connectivity index (χ3v) is 4.20. The standard InChI is InChI=1S/C16H23NO4/c1-10-5-4-6-12(3)17(8-10)16(20)15-11(2)9-21-13(15)7-14(18)19/h9-10,12H,4-8H2,1-3H3,(H,18,19). The van der Waals surface area contributed by atoms with Crippen LogP contribution in [0, 0.1) is 12.8 Å². The second-order valence-corrected chi connectivity index (χ2v) is 6.13. The lowest BCUT2D eigenvalue weighted by atomic mass is 10.1. The molecule has 2 rings (SSSR count). The molecule has 1 aliphatic rings. The highest BCUT2D eigenvalue weighted by atomic mass is 16.4. The van der Waals surface area contributed by atoms with E-state index in [0.717, 1.165) is 25.8 Å². The number of furan rings is 1. The average molecular weight is 293 g/mol. The van der Waals surface area contributed by atoms with Crippen molar-refractivity contribution < 1.29 is 19.1 Å². The maximum Gasteiger partial charge on any atom is 0.311 e. The monoisotopic (exact) mass is 293 g/mol. The zero-order valence-electron chi connectivity index (χ0n) is 12.9. The van der Waals surface area contributed by atoms with Crippen LogP contribution in [0.4, 0.5) is 0 Å². The maximum absolute atomic E-state index is 12.9. The van der Waals surface area contributed by atoms with Gasteiger partial charge < -0.3 is 14.4 Å². The molecule has 1 amide bonds. The molecule has 0 aliphatic carbocycles. The lowest BCUT2D eigenvalue weighted by molar-refractivity contribution is -0.136. The Morgan fingerprint density at radius 3 is 2.76 bits per heavy atom. The number of carbonyl (C=O) groups excluding carboxylic acids is 1. The molecular weight excluding hydrogens is 270 g/mol. The van der Waals surface area contributed by atoms with Crippen LogP contribution >= 0.6 is 0 Å². The van der Waals surface area contributed by atoms with Crippen molar-refractivity contribution in [2.24, 2.45) is 5.92 Å². The zero-order valence-corrected chi connectivity index (χ0v) is 12.9. The summed E-state index contributed by atoms with van der Waals surface area (Å²) in [5.74, 6) is -0.363. The van der Waals surface area contributed by atoms with Crippen LogP contribution in [-0.4, -0.2) is 34.5 Å². The first-order valence-electron chi connectivity index (χ1n) is 7.49. The number of carboxylic acids is 1. The molecule has 0 bridgehead atoms. The fraction of sp³-hybridized carbons (Fsp3) is 0.625. The summed E-state index contributed by atoms with van der Waals surface area (Å²) in [6.07, 6.45) is 4.45. The Bertz CT molecular complexity index is 534. The number of carboxylic acid groups (broad SMARTS) is 1. The number of carbonyl (C=O) groups is 2. The minimum Gasteiger partial charge on any atom is -0.481 e. The smallest absolute Gasteiger partial charge is 0.311 e. The number of amides is 1. The van der Waals surface area contributed by atoms with Crippen molar-refractivity contribution >= 4 is 11.9 Å². The molecule has 0 spiro atoms. The molecule has 0 radical (unpaired) electrons. The highest BCUT2D eigenvalue weighted by Crippen LogP contribution is 2.26. The molecule has 21 heavy (non-hydrogen) atoms. The van der Waals surface area contributed by atoms with Gasteiger partial charge in [0.2, 0.25) is 0 Å². The summed E-state index contributed by atoms with van der Waals surface area (Å²) in [5, 5.41) is 8.95. The van der Waals surface area contributed by atoms with E-state index in [1.807, 2.05) is 4.90 Å². The Kier molecular flexibility index (Phi) is 4.70. The predicted molar refractivity (Wildman–Crippen MR) is 78.3 cm³/mol. The first-order valence-corrected chi connectivity index (χ1v) is 7.49. The van der Waals surface area contributed by atoms with Gasteiger partial charge in [0, 0.05) is 18.2 Å². The largest absolute Gasteiger partial charge is 0.481 e. The molecule has 2 heterocycles. The molecule has 1 fully saturated rings. The van der Waals surface area contributed by atoms with Gasteiger partial charge in [0.25, 0.3) is 5.91 Å². The van der Waals surface area contributed by atoms with Crippen LogP contribution in [0.25, 0.3) is 0 Å². The van der Waals surface area contributed by atoms with Crippen molar-refractivity contribution in [3.8, 4) is 0 Å². The van der Waals surface area contributed by atoms with Crippen LogP contribution in [-0.2, 0) is 11.2 Å². The van der Waals surface area contributed by atoms with Crippen LogP contribution in [0.3, 0.4) is 0 Å². The van der Waals surface area contributed by atoms with Gasteiger partial charge in [0.15, 0.2) is 0 Å². The summed E-state index contributed by atoms with van der Waals surface area (Å²) in [4.78, 5) is 25.7. The summed E-state index contributed by atoms with van der Waals surface area (Å²) in [6.45, 7) is 6.71. The van der Waals surface area contributed by atoms with E-state index in [2.05, 4.69) is 13.8 Å². The molecule has 1 aromatic rings. The molecule has 0 saturated carbocycles. The van der Waals surface area contributed by atoms with Crippen LogP contribution in [0.15, 0.2) is 10.7 Å². The lowest BCUT2D eigenvalue weighted by Crippen LogP contribution is -2.40. The van der Waals surface area contributed by atoms with Gasteiger partial charge in [-0.15, -0.1) is 0 Å². The van der Waals surface area contributed by atoms with Crippen LogP contribution in [0.2, 0.25) is 0 Å². The SMILES string of the molecule is Cc1coc(CC(=O)O)c1C(=O)N1CC(C)CCCC1C. The van der Waals surface area contributed by atoms with Gasteiger partial charge in [-0.1, -0.05) is 13.3 Å². The molecule has 5 nitrogen and oxygen atoms in total. The quantitative estimate of drug-likeness (QED) is 0.930. The number of hydrogen-bond donors (Lipinski definition) is 1. The van der Waals surface area contributed by atoms with Crippen molar-refractivity contribution in [1.29, 1.82) is 0 Å². The topological polar surface area (TPSA) is 70.7 Å². The Morgan fingerprint density at radius 1 is 1.38 bits per heavy atom. The number of hydrogen-bond acceptors (Lipinski definition) is 3. The Labute approximate surface area is 124 Å². The molecule has 0 aromatic carbocycles. The number of likely N-dealkylation sites (tertiary alicyclic amines) is 1. The van der Waals surface area contributed by atoms with Gasteiger partial charge >= 0.3 is 5.97 Å². The Morgan fingerprint density at radius 2 is 2.10 bits per heavy atom. The van der Waals surface area contributed by atoms with E-state index in [4.69, 9.17) is 9.52 Å². The molecule has 2 unspecified atom stereocenters. The second-order valence-electron chi connectivity index (χ2n) is 6.13. The van der Waals surface area contributed by atoms with Crippen LogP contribution in [0.5, 0.6) is 0 Å². The molecule has 5 heteroatoms. The normalized spacial score (nSPS) is 22.9. The van der Waals surface area contributed by atoms with E-state index in [-0.39, 0.29) is 24.1 Å². The Balaban J connectivity index is 2.29. The van der Waals surface area contributed by atoms with E-state index >= 15 is 0 Å². The molecule has 116 valence electrons. The number of rotatable bonds is 3. The predicted octanol–water partition coefficient (Wildman–Crippen LogP) is 2.87. The van der Waals surface area contributed by atoms with Crippen molar-refractivity contribution in [2.75, 3.05) is 6.54 Å². The van der Waals surface area contributed by atoms with Gasteiger partial charge in [-0.3, -0.25) is 9.59 Å². The summed E-state index contributed by atoms with van der Waals surface area (Å²) >= 11 is 0. The van der Waals surface area contributed by atoms with E-state index in [1.165, 1.54) is 6.26 Å². The second kappa shape index (κ2) is 6.33. The summed E-state index contributed by atoms with van der Waals surface area (Å²) in [7, 11) is 0. The van der Waals surface area contributed by atoms with Gasteiger partial charge in [-0.25, -0.2) is 0 Å². The van der Waals surface area contributed by atoms with E-state index in [9.17, 15) is 9.59 Å². The first-order chi connectivity index (χ1) is 9.90. The number of aryl methyl sites for hydroxylation is 1. The maximum atomic E-state index is 12.9. The van der Waals surface area contributed by atoms with E-state index in [1.54, 1.807) is 6.92 Å². The minimum absolute atomic E-state index is 0.0984. The third kappa shape index (κ3) is 3.46. The molecule has 1 N–H and O–H groups in total. The molecule has 1 aliphatic heterocycles. The summed E-state index contributed by atoms with van der Waals surface area (Å²) < 4.78 is 5.28. The first kappa shape index (κ1) is 15.6. The van der Waals surface area contributed by atoms with E-state index in [0.29, 0.717) is 17.0 Å². The number of aliphatic carboxylic acids is 1. The molecular formula is C16H23NO4. The van der Waals surface area contributed by atoms with Gasteiger partial charge in [-0.2, -0.15) is 0 Å². The lowest BCUT2D eigenvalue weighted by Gasteiger charge is -2.29. The fourth-order valence-electron chi connectivity index (χ4n) is 3.00. The fourth-order valence-corrected chi connectivity index (χ4v) is 3.00. The minimum atomic E-state index is -0.990. The van der Waals surface area contributed by atoms with Crippen molar-refractivity contribution in [2.45, 2.75) is 52.5 Å². The molecule has 2 atom stereocenters. The Hall–Kier alpha value is -1.78. The van der Waals surface area contributed by atoms with Gasteiger partial charge in [0.05, 0.1) is 11.8 Å². The summed E-state index contributed by atoms with van der Waals surface area (Å²) in [5.41, 5.74) is 1.14.